The lowest BCUT2D eigenvalue weighted by Crippen LogP contribution is -2.48. The van der Waals surface area contributed by atoms with E-state index in [4.69, 9.17) is 0 Å². The van der Waals surface area contributed by atoms with Crippen LogP contribution in [0.2, 0.25) is 0 Å². The van der Waals surface area contributed by atoms with E-state index in [0.717, 1.165) is 15.3 Å². The Morgan fingerprint density at radius 1 is 1.28 bits per heavy atom. The highest BCUT2D eigenvalue weighted by molar-refractivity contribution is 7.91. The van der Waals surface area contributed by atoms with Gasteiger partial charge >= 0.3 is 0 Å². The summed E-state index contributed by atoms with van der Waals surface area (Å²) < 4.78 is 25.8. The van der Waals surface area contributed by atoms with Crippen molar-refractivity contribution in [1.29, 1.82) is 0 Å². The topological polar surface area (TPSA) is 110 Å². The number of amides is 2. The Labute approximate surface area is 171 Å². The van der Waals surface area contributed by atoms with E-state index in [0.29, 0.717) is 12.0 Å². The Bertz CT molecular complexity index is 1170. The van der Waals surface area contributed by atoms with E-state index in [9.17, 15) is 18.0 Å². The van der Waals surface area contributed by atoms with Crippen molar-refractivity contribution < 1.29 is 18.0 Å². The van der Waals surface area contributed by atoms with Crippen LogP contribution in [0.15, 0.2) is 42.7 Å². The van der Waals surface area contributed by atoms with E-state index < -0.39 is 27.8 Å². The summed E-state index contributed by atoms with van der Waals surface area (Å²) in [5.74, 6) is -0.734. The molecule has 2 N–H and O–H groups in total. The van der Waals surface area contributed by atoms with Crippen molar-refractivity contribution in [1.82, 2.24) is 20.2 Å². The summed E-state index contributed by atoms with van der Waals surface area (Å²) >= 11 is 1.47. The van der Waals surface area contributed by atoms with Gasteiger partial charge in [0.15, 0.2) is 15.0 Å². The number of carbonyl (C=O) groups is 2. The molecule has 3 aromatic rings. The van der Waals surface area contributed by atoms with Crippen molar-refractivity contribution in [3.8, 4) is 5.13 Å². The molecule has 1 aliphatic rings. The van der Waals surface area contributed by atoms with E-state index in [1.807, 2.05) is 29.1 Å². The van der Waals surface area contributed by atoms with Crippen molar-refractivity contribution in [2.75, 3.05) is 11.5 Å². The fraction of sp³-hybridized carbons (Fsp3) is 0.316. The monoisotopic (exact) mass is 432 g/mol. The molecule has 2 atom stereocenters. The molecule has 2 aromatic heterocycles. The van der Waals surface area contributed by atoms with Gasteiger partial charge < -0.3 is 15.2 Å². The van der Waals surface area contributed by atoms with Crippen LogP contribution in [0.4, 0.5) is 0 Å². The van der Waals surface area contributed by atoms with Crippen LogP contribution in [0.5, 0.6) is 0 Å². The summed E-state index contributed by atoms with van der Waals surface area (Å²) in [5, 5.41) is 6.17. The van der Waals surface area contributed by atoms with Crippen LogP contribution in [0.1, 0.15) is 23.7 Å². The average molecular weight is 433 g/mol. The van der Waals surface area contributed by atoms with E-state index >= 15 is 0 Å². The third kappa shape index (κ3) is 4.33. The summed E-state index contributed by atoms with van der Waals surface area (Å²) in [6.07, 6.45) is 4.21. The van der Waals surface area contributed by atoms with Gasteiger partial charge in [0.2, 0.25) is 5.91 Å². The maximum Gasteiger partial charge on any atom is 0.251 e. The van der Waals surface area contributed by atoms with Gasteiger partial charge in [-0.25, -0.2) is 13.4 Å². The molecule has 0 saturated carbocycles. The largest absolute Gasteiger partial charge is 0.351 e. The number of fused-ring (bicyclic) bond motifs is 1. The third-order valence-corrected chi connectivity index (χ3v) is 7.58. The first-order chi connectivity index (χ1) is 13.8. The Morgan fingerprint density at radius 2 is 2.03 bits per heavy atom. The Balaban J connectivity index is 1.42. The lowest BCUT2D eigenvalue weighted by atomic mass is 10.2. The van der Waals surface area contributed by atoms with E-state index in [-0.39, 0.29) is 17.4 Å². The van der Waals surface area contributed by atoms with E-state index in [1.165, 1.54) is 11.3 Å². The molecule has 4 rings (SSSR count). The summed E-state index contributed by atoms with van der Waals surface area (Å²) in [5.41, 5.74) is 1.23. The normalized spacial score (nSPS) is 19.1. The summed E-state index contributed by atoms with van der Waals surface area (Å²) in [7, 11) is -3.08. The van der Waals surface area contributed by atoms with Crippen molar-refractivity contribution >= 4 is 43.2 Å². The molecule has 0 spiro atoms. The van der Waals surface area contributed by atoms with Crippen LogP contribution in [-0.4, -0.2) is 53.4 Å². The van der Waals surface area contributed by atoms with Gasteiger partial charge in [0, 0.05) is 24.0 Å². The molecule has 0 aliphatic carbocycles. The highest BCUT2D eigenvalue weighted by Crippen LogP contribution is 2.26. The van der Waals surface area contributed by atoms with E-state index in [2.05, 4.69) is 15.6 Å². The van der Waals surface area contributed by atoms with Crippen LogP contribution >= 0.6 is 11.3 Å². The van der Waals surface area contributed by atoms with Gasteiger partial charge in [-0.3, -0.25) is 9.59 Å². The second-order valence-corrected chi connectivity index (χ2v) is 10.3. The van der Waals surface area contributed by atoms with E-state index in [1.54, 1.807) is 25.1 Å². The summed E-state index contributed by atoms with van der Waals surface area (Å²) in [4.78, 5) is 29.4. The molecule has 152 valence electrons. The van der Waals surface area contributed by atoms with Crippen molar-refractivity contribution in [3.05, 3.63) is 48.3 Å². The minimum Gasteiger partial charge on any atom is -0.351 e. The standard InChI is InChI=1S/C19H20N4O4S2/c1-12(17(24)21-14-6-9-29(26,27)11-14)20-18(25)13-4-5-15-16(10-13)28-19(22-15)23-7-2-3-8-23/h2-5,7-8,10,12,14H,6,9,11H2,1H3,(H,20,25)(H,21,24)/t12-,14-/m0/s1. The summed E-state index contributed by atoms with van der Waals surface area (Å²) in [6.45, 7) is 1.58. The second kappa shape index (κ2) is 7.60. The minimum absolute atomic E-state index is 0.0504. The lowest BCUT2D eigenvalue weighted by Gasteiger charge is -2.17. The van der Waals surface area contributed by atoms with Crippen molar-refractivity contribution in [2.24, 2.45) is 0 Å². The first-order valence-electron chi connectivity index (χ1n) is 9.16. The number of carbonyl (C=O) groups excluding carboxylic acids is 2. The predicted octanol–water partition coefficient (Wildman–Crippen LogP) is 1.51. The van der Waals surface area contributed by atoms with Gasteiger partial charge in [0.05, 0.1) is 21.7 Å². The molecule has 29 heavy (non-hydrogen) atoms. The minimum atomic E-state index is -3.08. The smallest absolute Gasteiger partial charge is 0.251 e. The molecular formula is C19H20N4O4S2. The zero-order valence-electron chi connectivity index (χ0n) is 15.7. The molecule has 1 aliphatic heterocycles. The fourth-order valence-corrected chi connectivity index (χ4v) is 5.85. The maximum absolute atomic E-state index is 12.6. The zero-order valence-corrected chi connectivity index (χ0v) is 17.3. The average Bonchev–Trinajstić information content (AvgIpc) is 3.39. The first-order valence-corrected chi connectivity index (χ1v) is 11.8. The number of sulfone groups is 1. The number of hydrogen-bond acceptors (Lipinski definition) is 6. The fourth-order valence-electron chi connectivity index (χ4n) is 3.21. The van der Waals surface area contributed by atoms with Crippen LogP contribution in [0, 0.1) is 0 Å². The third-order valence-electron chi connectivity index (χ3n) is 4.78. The number of aromatic nitrogens is 2. The molecule has 1 fully saturated rings. The molecule has 2 amide bonds. The van der Waals surface area contributed by atoms with Crippen molar-refractivity contribution in [2.45, 2.75) is 25.4 Å². The quantitative estimate of drug-likeness (QED) is 0.635. The van der Waals surface area contributed by atoms with Crippen LogP contribution in [-0.2, 0) is 14.6 Å². The Hall–Kier alpha value is -2.72. The molecule has 3 heterocycles. The van der Waals surface area contributed by atoms with Gasteiger partial charge in [-0.1, -0.05) is 11.3 Å². The number of benzene rings is 1. The molecule has 1 saturated heterocycles. The van der Waals surface area contributed by atoms with Crippen LogP contribution in [0.25, 0.3) is 15.3 Å². The number of hydrogen-bond donors (Lipinski definition) is 2. The molecule has 10 heteroatoms. The highest BCUT2D eigenvalue weighted by atomic mass is 32.2. The Morgan fingerprint density at radius 3 is 2.72 bits per heavy atom. The Kier molecular flexibility index (Phi) is 5.13. The van der Waals surface area contributed by atoms with Gasteiger partial charge in [0.1, 0.15) is 6.04 Å². The molecule has 8 nitrogen and oxygen atoms in total. The van der Waals surface area contributed by atoms with Gasteiger partial charge in [-0.05, 0) is 43.7 Å². The van der Waals surface area contributed by atoms with Gasteiger partial charge in [-0.2, -0.15) is 0 Å². The SMILES string of the molecule is C[C@H](NC(=O)c1ccc2nc(-n3cccc3)sc2c1)C(=O)N[C@H]1CCS(=O)(=O)C1. The van der Waals surface area contributed by atoms with Gasteiger partial charge in [-0.15, -0.1) is 0 Å². The predicted molar refractivity (Wildman–Crippen MR) is 111 cm³/mol. The number of thiazole rings is 1. The number of nitrogens with one attached hydrogen (secondary N) is 2. The second-order valence-electron chi connectivity index (χ2n) is 7.07. The zero-order chi connectivity index (χ0) is 20.6. The first kappa shape index (κ1) is 19.6. The number of nitrogens with zero attached hydrogens (tertiary/aromatic N) is 2. The summed E-state index contributed by atoms with van der Waals surface area (Å²) in [6, 6.07) is 7.86. The molecular weight excluding hydrogens is 412 g/mol. The van der Waals surface area contributed by atoms with Gasteiger partial charge in [0.25, 0.3) is 5.91 Å². The number of rotatable bonds is 5. The molecule has 0 radical (unpaired) electrons. The maximum atomic E-state index is 12.6. The van der Waals surface area contributed by atoms with Crippen molar-refractivity contribution in [3.63, 3.8) is 0 Å². The lowest BCUT2D eigenvalue weighted by molar-refractivity contribution is -0.123. The molecule has 0 unspecified atom stereocenters. The van der Waals surface area contributed by atoms with Crippen LogP contribution in [0.3, 0.4) is 0 Å². The highest BCUT2D eigenvalue weighted by Gasteiger charge is 2.30. The molecule has 0 bridgehead atoms. The molecule has 1 aromatic carbocycles. The van der Waals surface area contributed by atoms with Crippen LogP contribution < -0.4 is 10.6 Å².